The number of anilines is 2. The summed E-state index contributed by atoms with van der Waals surface area (Å²) in [5.41, 5.74) is -0.248. The van der Waals surface area contributed by atoms with Gasteiger partial charge in [0, 0.05) is 25.8 Å². The van der Waals surface area contributed by atoms with Crippen LogP contribution >= 0.6 is 0 Å². The summed E-state index contributed by atoms with van der Waals surface area (Å²) in [5.74, 6) is 1.72. The Morgan fingerprint density at radius 1 is 1.30 bits per heavy atom. The Morgan fingerprint density at radius 2 is 1.95 bits per heavy atom. The zero-order valence-electron chi connectivity index (χ0n) is 12.7. The minimum atomic E-state index is -0.248. The molecule has 1 aromatic heterocycles. The molecule has 0 radical (unpaired) electrons. The van der Waals surface area contributed by atoms with E-state index in [1.54, 1.807) is 20.2 Å². The lowest BCUT2D eigenvalue weighted by Crippen LogP contribution is -2.43. The van der Waals surface area contributed by atoms with Gasteiger partial charge in [-0.15, -0.1) is 0 Å². The van der Waals surface area contributed by atoms with Crippen LogP contribution in [0.3, 0.4) is 0 Å². The number of ether oxygens (including phenoxy) is 1. The summed E-state index contributed by atoms with van der Waals surface area (Å²) in [6.45, 7) is 6.28. The molecule has 0 aliphatic heterocycles. The monoisotopic (exact) mass is 281 g/mol. The number of nitrogens with one attached hydrogen (secondary N) is 3. The summed E-state index contributed by atoms with van der Waals surface area (Å²) in [5, 5.41) is 8.80. The molecule has 0 unspecified atom stereocenters. The fraction of sp³-hybridized carbons (Fsp3) is 0.615. The van der Waals surface area contributed by atoms with Crippen LogP contribution < -0.4 is 16.0 Å². The molecule has 20 heavy (non-hydrogen) atoms. The third-order valence-corrected chi connectivity index (χ3v) is 2.25. The standard InChI is InChI=1S/C13H23N5O2/c1-13(2,3)18-12(19)7-15-10-6-9(14-4)16-11(17-10)8-20-5/h6H,7-8H2,1-5H3,(H,18,19)(H2,14,15,16,17). The van der Waals surface area contributed by atoms with E-state index in [0.717, 1.165) is 0 Å². The second kappa shape index (κ2) is 7.04. The molecule has 1 amide bonds. The van der Waals surface area contributed by atoms with Crippen LogP contribution in [0.4, 0.5) is 11.6 Å². The fourth-order valence-electron chi connectivity index (χ4n) is 1.54. The third-order valence-electron chi connectivity index (χ3n) is 2.25. The van der Waals surface area contributed by atoms with Crippen LogP contribution in [0, 0.1) is 0 Å². The van der Waals surface area contributed by atoms with Gasteiger partial charge in [0.2, 0.25) is 5.91 Å². The summed E-state index contributed by atoms with van der Waals surface area (Å²) in [7, 11) is 3.36. The van der Waals surface area contributed by atoms with Crippen molar-refractivity contribution in [2.45, 2.75) is 32.9 Å². The SMILES string of the molecule is CNc1cc(NCC(=O)NC(C)(C)C)nc(COC)n1. The lowest BCUT2D eigenvalue weighted by atomic mass is 10.1. The van der Waals surface area contributed by atoms with E-state index in [2.05, 4.69) is 25.9 Å². The Labute approximate surface area is 119 Å². The largest absolute Gasteiger partial charge is 0.377 e. The summed E-state index contributed by atoms with van der Waals surface area (Å²) in [6, 6.07) is 1.74. The van der Waals surface area contributed by atoms with Crippen molar-refractivity contribution >= 4 is 17.5 Å². The Hall–Kier alpha value is -1.89. The maximum absolute atomic E-state index is 11.7. The highest BCUT2D eigenvalue weighted by atomic mass is 16.5. The quantitative estimate of drug-likeness (QED) is 0.720. The predicted molar refractivity (Wildman–Crippen MR) is 78.7 cm³/mol. The molecule has 0 atom stereocenters. The third kappa shape index (κ3) is 5.83. The molecule has 1 rings (SSSR count). The minimum absolute atomic E-state index is 0.0876. The zero-order chi connectivity index (χ0) is 15.2. The number of nitrogens with zero attached hydrogens (tertiary/aromatic N) is 2. The molecule has 0 saturated heterocycles. The highest BCUT2D eigenvalue weighted by Gasteiger charge is 2.13. The number of carbonyl (C=O) groups excluding carboxylic acids is 1. The molecule has 0 aliphatic carbocycles. The van der Waals surface area contributed by atoms with Crippen molar-refractivity contribution in [3.05, 3.63) is 11.9 Å². The smallest absolute Gasteiger partial charge is 0.239 e. The maximum Gasteiger partial charge on any atom is 0.239 e. The number of rotatable bonds is 6. The van der Waals surface area contributed by atoms with Crippen molar-refractivity contribution < 1.29 is 9.53 Å². The summed E-state index contributed by atoms with van der Waals surface area (Å²) in [6.07, 6.45) is 0. The van der Waals surface area contributed by atoms with E-state index in [0.29, 0.717) is 24.1 Å². The summed E-state index contributed by atoms with van der Waals surface area (Å²) >= 11 is 0. The van der Waals surface area contributed by atoms with Crippen LogP contribution in [0.15, 0.2) is 6.07 Å². The highest BCUT2D eigenvalue weighted by Crippen LogP contribution is 2.11. The van der Waals surface area contributed by atoms with Crippen LogP contribution in [0.25, 0.3) is 0 Å². The van der Waals surface area contributed by atoms with Crippen LogP contribution in [-0.2, 0) is 16.1 Å². The first-order valence-electron chi connectivity index (χ1n) is 6.43. The van der Waals surface area contributed by atoms with Gasteiger partial charge in [0.05, 0.1) is 6.54 Å². The number of methoxy groups -OCH3 is 1. The van der Waals surface area contributed by atoms with E-state index in [4.69, 9.17) is 4.74 Å². The van der Waals surface area contributed by atoms with Gasteiger partial charge in [-0.05, 0) is 20.8 Å². The zero-order valence-corrected chi connectivity index (χ0v) is 12.7. The molecule has 7 heteroatoms. The van der Waals surface area contributed by atoms with Gasteiger partial charge in [0.15, 0.2) is 5.82 Å². The normalized spacial score (nSPS) is 11.1. The lowest BCUT2D eigenvalue weighted by molar-refractivity contribution is -0.120. The van der Waals surface area contributed by atoms with Gasteiger partial charge in [-0.2, -0.15) is 0 Å². The molecule has 0 fully saturated rings. The Kier molecular flexibility index (Phi) is 5.69. The van der Waals surface area contributed by atoms with E-state index in [1.165, 1.54) is 0 Å². The Balaban J connectivity index is 2.67. The fourth-order valence-corrected chi connectivity index (χ4v) is 1.54. The van der Waals surface area contributed by atoms with E-state index in [9.17, 15) is 4.79 Å². The number of hydrogen-bond donors (Lipinski definition) is 3. The average molecular weight is 281 g/mol. The van der Waals surface area contributed by atoms with Crippen LogP contribution in [0.5, 0.6) is 0 Å². The molecule has 3 N–H and O–H groups in total. The first-order chi connectivity index (χ1) is 9.34. The van der Waals surface area contributed by atoms with Crippen molar-refractivity contribution in [1.29, 1.82) is 0 Å². The van der Waals surface area contributed by atoms with Crippen molar-refractivity contribution in [2.24, 2.45) is 0 Å². The second-order valence-electron chi connectivity index (χ2n) is 5.39. The number of aromatic nitrogens is 2. The molecular formula is C13H23N5O2. The van der Waals surface area contributed by atoms with E-state index in [-0.39, 0.29) is 18.0 Å². The van der Waals surface area contributed by atoms with Gasteiger partial charge in [-0.3, -0.25) is 4.79 Å². The molecule has 112 valence electrons. The van der Waals surface area contributed by atoms with Gasteiger partial charge in [0.1, 0.15) is 18.2 Å². The molecule has 1 aromatic rings. The van der Waals surface area contributed by atoms with Gasteiger partial charge in [-0.25, -0.2) is 9.97 Å². The summed E-state index contributed by atoms with van der Waals surface area (Å²) in [4.78, 5) is 20.3. The van der Waals surface area contributed by atoms with Crippen molar-refractivity contribution in [3.8, 4) is 0 Å². The van der Waals surface area contributed by atoms with Crippen LogP contribution in [-0.4, -0.2) is 42.1 Å². The van der Waals surface area contributed by atoms with E-state index in [1.807, 2.05) is 20.8 Å². The molecule has 0 aromatic carbocycles. The van der Waals surface area contributed by atoms with Gasteiger partial charge in [-0.1, -0.05) is 0 Å². The number of amides is 1. The van der Waals surface area contributed by atoms with Crippen molar-refractivity contribution in [2.75, 3.05) is 31.3 Å². The minimum Gasteiger partial charge on any atom is -0.377 e. The molecule has 0 saturated carbocycles. The van der Waals surface area contributed by atoms with Gasteiger partial charge in [0.25, 0.3) is 0 Å². The lowest BCUT2D eigenvalue weighted by Gasteiger charge is -2.20. The van der Waals surface area contributed by atoms with E-state index >= 15 is 0 Å². The first-order valence-corrected chi connectivity index (χ1v) is 6.43. The van der Waals surface area contributed by atoms with Gasteiger partial charge >= 0.3 is 0 Å². The first kappa shape index (κ1) is 16.2. The summed E-state index contributed by atoms with van der Waals surface area (Å²) < 4.78 is 5.01. The molecular weight excluding hydrogens is 258 g/mol. The van der Waals surface area contributed by atoms with E-state index < -0.39 is 0 Å². The predicted octanol–water partition coefficient (Wildman–Crippen LogP) is 0.991. The molecule has 0 aliphatic rings. The number of carbonyl (C=O) groups is 1. The van der Waals surface area contributed by atoms with Gasteiger partial charge < -0.3 is 20.7 Å². The Morgan fingerprint density at radius 3 is 2.50 bits per heavy atom. The molecule has 0 spiro atoms. The topological polar surface area (TPSA) is 88.2 Å². The Bertz CT molecular complexity index is 457. The van der Waals surface area contributed by atoms with Crippen LogP contribution in [0.2, 0.25) is 0 Å². The maximum atomic E-state index is 11.7. The number of hydrogen-bond acceptors (Lipinski definition) is 6. The molecule has 7 nitrogen and oxygen atoms in total. The van der Waals surface area contributed by atoms with Crippen molar-refractivity contribution in [3.63, 3.8) is 0 Å². The second-order valence-corrected chi connectivity index (χ2v) is 5.39. The van der Waals surface area contributed by atoms with Crippen molar-refractivity contribution in [1.82, 2.24) is 15.3 Å². The molecule has 0 bridgehead atoms. The average Bonchev–Trinajstić information content (AvgIpc) is 2.34. The highest BCUT2D eigenvalue weighted by molar-refractivity contribution is 5.81. The molecule has 1 heterocycles. The van der Waals surface area contributed by atoms with Crippen LogP contribution in [0.1, 0.15) is 26.6 Å².